The molecule has 7 heteroatoms. The second-order valence-corrected chi connectivity index (χ2v) is 7.89. The SMILES string of the molecule is FC(F)(F)c1cccc(N2CCN(C3CCN(Cc4ccccc4)CC3)CC2)n1. The van der Waals surface area contributed by atoms with Gasteiger partial charge < -0.3 is 4.90 Å². The summed E-state index contributed by atoms with van der Waals surface area (Å²) < 4.78 is 38.7. The summed E-state index contributed by atoms with van der Waals surface area (Å²) >= 11 is 0. The number of pyridine rings is 1. The average Bonchev–Trinajstić information content (AvgIpc) is 2.75. The molecule has 2 aliphatic heterocycles. The van der Waals surface area contributed by atoms with Crippen LogP contribution in [0, 0.1) is 0 Å². The van der Waals surface area contributed by atoms with E-state index >= 15 is 0 Å². The fourth-order valence-corrected chi connectivity index (χ4v) is 4.36. The van der Waals surface area contributed by atoms with Crippen LogP contribution in [0.2, 0.25) is 0 Å². The first-order valence-corrected chi connectivity index (χ1v) is 10.3. The summed E-state index contributed by atoms with van der Waals surface area (Å²) in [6.07, 6.45) is -2.10. The van der Waals surface area contributed by atoms with Crippen LogP contribution in [0.15, 0.2) is 48.5 Å². The average molecular weight is 404 g/mol. The van der Waals surface area contributed by atoms with Gasteiger partial charge in [-0.15, -0.1) is 0 Å². The zero-order valence-corrected chi connectivity index (χ0v) is 16.5. The lowest BCUT2D eigenvalue weighted by molar-refractivity contribution is -0.141. The molecule has 0 atom stereocenters. The maximum Gasteiger partial charge on any atom is 0.433 e. The molecule has 0 bridgehead atoms. The number of aromatic nitrogens is 1. The number of halogens is 3. The molecule has 2 fully saturated rings. The zero-order valence-electron chi connectivity index (χ0n) is 16.5. The fourth-order valence-electron chi connectivity index (χ4n) is 4.36. The van der Waals surface area contributed by atoms with Crippen LogP contribution < -0.4 is 4.90 Å². The molecule has 0 N–H and O–H groups in total. The molecule has 3 heterocycles. The van der Waals surface area contributed by atoms with Crippen LogP contribution in [0.25, 0.3) is 0 Å². The molecule has 4 rings (SSSR count). The maximum absolute atomic E-state index is 12.9. The van der Waals surface area contributed by atoms with Crippen molar-refractivity contribution in [3.63, 3.8) is 0 Å². The molecule has 156 valence electrons. The van der Waals surface area contributed by atoms with E-state index in [1.54, 1.807) is 6.07 Å². The minimum absolute atomic E-state index is 0.428. The van der Waals surface area contributed by atoms with Crippen molar-refractivity contribution in [2.45, 2.75) is 31.6 Å². The lowest BCUT2D eigenvalue weighted by Crippen LogP contribution is -2.53. The van der Waals surface area contributed by atoms with E-state index in [1.165, 1.54) is 11.6 Å². The number of alkyl halides is 3. The van der Waals surface area contributed by atoms with Crippen LogP contribution in [0.5, 0.6) is 0 Å². The van der Waals surface area contributed by atoms with E-state index in [9.17, 15) is 13.2 Å². The molecule has 2 aliphatic rings. The Bertz CT molecular complexity index is 780. The summed E-state index contributed by atoms with van der Waals surface area (Å²) in [5, 5.41) is 0. The molecule has 0 saturated carbocycles. The van der Waals surface area contributed by atoms with Gasteiger partial charge in [0, 0.05) is 38.8 Å². The van der Waals surface area contributed by atoms with E-state index in [1.807, 2.05) is 11.0 Å². The highest BCUT2D eigenvalue weighted by Gasteiger charge is 2.33. The van der Waals surface area contributed by atoms with Crippen molar-refractivity contribution in [1.82, 2.24) is 14.8 Å². The second-order valence-electron chi connectivity index (χ2n) is 7.89. The summed E-state index contributed by atoms with van der Waals surface area (Å²) in [6.45, 7) is 6.38. The number of hydrogen-bond donors (Lipinski definition) is 0. The standard InChI is InChI=1S/C22H27F3N4/c23-22(24,25)20-7-4-8-21(26-20)29-15-13-28(14-16-29)19-9-11-27(12-10-19)17-18-5-2-1-3-6-18/h1-8,19H,9-17H2. The van der Waals surface area contributed by atoms with Gasteiger partial charge >= 0.3 is 6.18 Å². The van der Waals surface area contributed by atoms with Crippen molar-refractivity contribution < 1.29 is 13.2 Å². The highest BCUT2D eigenvalue weighted by Crippen LogP contribution is 2.29. The Kier molecular flexibility index (Phi) is 6.06. The number of benzene rings is 1. The summed E-state index contributed by atoms with van der Waals surface area (Å²) in [5.74, 6) is 0.428. The van der Waals surface area contributed by atoms with E-state index < -0.39 is 11.9 Å². The van der Waals surface area contributed by atoms with Gasteiger partial charge in [-0.05, 0) is 43.6 Å². The summed E-state index contributed by atoms with van der Waals surface area (Å²) in [7, 11) is 0. The molecule has 0 aliphatic carbocycles. The van der Waals surface area contributed by atoms with Gasteiger partial charge in [0.2, 0.25) is 0 Å². The van der Waals surface area contributed by atoms with Gasteiger partial charge in [0.25, 0.3) is 0 Å². The van der Waals surface area contributed by atoms with Gasteiger partial charge in [0.1, 0.15) is 11.5 Å². The van der Waals surface area contributed by atoms with E-state index in [0.717, 1.165) is 64.7 Å². The molecule has 0 amide bonds. The van der Waals surface area contributed by atoms with E-state index in [4.69, 9.17) is 0 Å². The van der Waals surface area contributed by atoms with Crippen LogP contribution >= 0.6 is 0 Å². The molecule has 2 aromatic rings. The topological polar surface area (TPSA) is 22.6 Å². The van der Waals surface area contributed by atoms with Crippen LogP contribution in [0.1, 0.15) is 24.1 Å². The highest BCUT2D eigenvalue weighted by atomic mass is 19.4. The van der Waals surface area contributed by atoms with Crippen molar-refractivity contribution in [1.29, 1.82) is 0 Å². The second kappa shape index (κ2) is 8.71. The monoisotopic (exact) mass is 404 g/mol. The summed E-state index contributed by atoms with van der Waals surface area (Å²) in [6, 6.07) is 15.3. The number of nitrogens with zero attached hydrogens (tertiary/aromatic N) is 4. The third-order valence-corrected chi connectivity index (χ3v) is 5.99. The fraction of sp³-hybridized carbons (Fsp3) is 0.500. The highest BCUT2D eigenvalue weighted by molar-refractivity contribution is 5.40. The number of rotatable bonds is 4. The van der Waals surface area contributed by atoms with Gasteiger partial charge in [0.15, 0.2) is 0 Å². The van der Waals surface area contributed by atoms with E-state index in [0.29, 0.717) is 11.9 Å². The summed E-state index contributed by atoms with van der Waals surface area (Å²) in [4.78, 5) is 10.8. The predicted molar refractivity (Wildman–Crippen MR) is 108 cm³/mol. The number of anilines is 1. The maximum atomic E-state index is 12.9. The van der Waals surface area contributed by atoms with Gasteiger partial charge in [0.05, 0.1) is 0 Å². The predicted octanol–water partition coefficient (Wildman–Crippen LogP) is 3.89. The van der Waals surface area contributed by atoms with Gasteiger partial charge in [-0.3, -0.25) is 9.80 Å². The molecule has 1 aromatic heterocycles. The molecule has 0 radical (unpaired) electrons. The van der Waals surface area contributed by atoms with E-state index in [-0.39, 0.29) is 0 Å². The Morgan fingerprint density at radius 2 is 1.52 bits per heavy atom. The van der Waals surface area contributed by atoms with Crippen LogP contribution in [0.3, 0.4) is 0 Å². The van der Waals surface area contributed by atoms with Crippen molar-refractivity contribution >= 4 is 5.82 Å². The molecular weight excluding hydrogens is 377 g/mol. The Hall–Kier alpha value is -2.12. The molecule has 2 saturated heterocycles. The first-order chi connectivity index (χ1) is 14.0. The van der Waals surface area contributed by atoms with Gasteiger partial charge in [-0.2, -0.15) is 13.2 Å². The first kappa shape index (κ1) is 20.2. The first-order valence-electron chi connectivity index (χ1n) is 10.3. The molecule has 0 unspecified atom stereocenters. The number of piperidine rings is 1. The minimum Gasteiger partial charge on any atom is -0.354 e. The molecule has 4 nitrogen and oxygen atoms in total. The van der Waals surface area contributed by atoms with Crippen molar-refractivity contribution in [2.75, 3.05) is 44.2 Å². The molecule has 29 heavy (non-hydrogen) atoms. The smallest absolute Gasteiger partial charge is 0.354 e. The minimum atomic E-state index is -4.40. The Morgan fingerprint density at radius 3 is 2.17 bits per heavy atom. The van der Waals surface area contributed by atoms with Gasteiger partial charge in [-0.25, -0.2) is 4.98 Å². The Balaban J connectivity index is 1.26. The number of likely N-dealkylation sites (tertiary alicyclic amines) is 1. The largest absolute Gasteiger partial charge is 0.433 e. The van der Waals surface area contributed by atoms with Crippen molar-refractivity contribution in [3.8, 4) is 0 Å². The van der Waals surface area contributed by atoms with Crippen molar-refractivity contribution in [3.05, 3.63) is 59.8 Å². The molecule has 0 spiro atoms. The lowest BCUT2D eigenvalue weighted by Gasteiger charge is -2.43. The number of piperazine rings is 1. The Labute approximate surface area is 169 Å². The Morgan fingerprint density at radius 1 is 0.828 bits per heavy atom. The van der Waals surface area contributed by atoms with E-state index in [2.05, 4.69) is 39.0 Å². The quantitative estimate of drug-likeness (QED) is 0.771. The third kappa shape index (κ3) is 5.08. The zero-order chi connectivity index (χ0) is 20.3. The van der Waals surface area contributed by atoms with Gasteiger partial charge in [-0.1, -0.05) is 36.4 Å². The summed E-state index contributed by atoms with van der Waals surface area (Å²) in [5.41, 5.74) is 0.538. The van der Waals surface area contributed by atoms with Crippen LogP contribution in [-0.4, -0.2) is 60.1 Å². The lowest BCUT2D eigenvalue weighted by atomic mass is 10.0. The molecule has 1 aromatic carbocycles. The third-order valence-electron chi connectivity index (χ3n) is 5.99. The van der Waals surface area contributed by atoms with Crippen LogP contribution in [0.4, 0.5) is 19.0 Å². The van der Waals surface area contributed by atoms with Crippen LogP contribution in [-0.2, 0) is 12.7 Å². The normalized spacial score (nSPS) is 20.2. The number of hydrogen-bond acceptors (Lipinski definition) is 4. The molecular formula is C22H27F3N4. The van der Waals surface area contributed by atoms with Crippen molar-refractivity contribution in [2.24, 2.45) is 0 Å².